The summed E-state index contributed by atoms with van der Waals surface area (Å²) in [6.07, 6.45) is 0. The quantitative estimate of drug-likeness (QED) is 0.575. The highest BCUT2D eigenvalue weighted by Gasteiger charge is 2.13. The van der Waals surface area contributed by atoms with Crippen molar-refractivity contribution in [1.82, 2.24) is 4.98 Å². The van der Waals surface area contributed by atoms with Gasteiger partial charge in [0, 0.05) is 11.5 Å². The zero-order valence-electron chi connectivity index (χ0n) is 8.74. The maximum absolute atomic E-state index is 13.2. The van der Waals surface area contributed by atoms with Crippen LogP contribution < -0.4 is 0 Å². The molecule has 3 nitrogen and oxygen atoms in total. The van der Waals surface area contributed by atoms with Gasteiger partial charge >= 0.3 is 5.97 Å². The van der Waals surface area contributed by atoms with Crippen molar-refractivity contribution in [3.8, 4) is 0 Å². The summed E-state index contributed by atoms with van der Waals surface area (Å²) in [5.41, 5.74) is 0.663. The predicted octanol–water partition coefficient (Wildman–Crippen LogP) is 2.55. The van der Waals surface area contributed by atoms with Gasteiger partial charge in [-0.05, 0) is 13.0 Å². The van der Waals surface area contributed by atoms with E-state index in [1.165, 1.54) is 0 Å². The van der Waals surface area contributed by atoms with Crippen molar-refractivity contribution in [2.24, 2.45) is 0 Å². The fraction of sp³-hybridized carbons (Fsp3) is 0.167. The van der Waals surface area contributed by atoms with Crippen LogP contribution in [0.5, 0.6) is 0 Å². The summed E-state index contributed by atoms with van der Waals surface area (Å²) >= 11 is 0. The number of nitrogens with zero attached hydrogens (tertiary/aromatic N) is 1. The summed E-state index contributed by atoms with van der Waals surface area (Å²) in [5, 5.41) is 0.599. The lowest BCUT2D eigenvalue weighted by Crippen LogP contribution is -2.06. The number of pyridine rings is 1. The van der Waals surface area contributed by atoms with Gasteiger partial charge in [0.2, 0.25) is 5.95 Å². The second-order valence-electron chi connectivity index (χ2n) is 3.23. The largest absolute Gasteiger partial charge is 0.462 e. The second-order valence-corrected chi connectivity index (χ2v) is 3.23. The van der Waals surface area contributed by atoms with Gasteiger partial charge in [-0.15, -0.1) is 0 Å². The Labute approximate surface area is 91.9 Å². The average molecular weight is 219 g/mol. The van der Waals surface area contributed by atoms with Crippen LogP contribution in [0, 0.1) is 5.95 Å². The normalized spacial score (nSPS) is 10.4. The number of esters is 1. The minimum Gasteiger partial charge on any atom is -0.462 e. The molecule has 82 valence electrons. The van der Waals surface area contributed by atoms with Crippen molar-refractivity contribution in [2.75, 3.05) is 6.61 Å². The Morgan fingerprint density at radius 2 is 2.19 bits per heavy atom. The molecule has 0 amide bonds. The maximum Gasteiger partial charge on any atom is 0.338 e. The number of hydrogen-bond acceptors (Lipinski definition) is 3. The molecule has 0 fully saturated rings. The monoisotopic (exact) mass is 219 g/mol. The summed E-state index contributed by atoms with van der Waals surface area (Å²) in [7, 11) is 0. The van der Waals surface area contributed by atoms with Crippen LogP contribution in [-0.2, 0) is 4.74 Å². The fourth-order valence-corrected chi connectivity index (χ4v) is 1.52. The van der Waals surface area contributed by atoms with Gasteiger partial charge in [-0.2, -0.15) is 4.39 Å². The molecule has 0 saturated heterocycles. The summed E-state index contributed by atoms with van der Waals surface area (Å²) in [6, 6.07) is 7.98. The zero-order chi connectivity index (χ0) is 11.5. The highest BCUT2D eigenvalue weighted by atomic mass is 19.1. The third-order valence-electron chi connectivity index (χ3n) is 2.18. The molecule has 0 bridgehead atoms. The Hall–Kier alpha value is -1.97. The second kappa shape index (κ2) is 4.26. The lowest BCUT2D eigenvalue weighted by molar-refractivity contribution is 0.0528. The first-order valence-electron chi connectivity index (χ1n) is 4.94. The number of rotatable bonds is 2. The van der Waals surface area contributed by atoms with Crippen molar-refractivity contribution in [1.29, 1.82) is 0 Å². The molecule has 1 aromatic carbocycles. The van der Waals surface area contributed by atoms with E-state index in [2.05, 4.69) is 4.98 Å². The molecule has 0 unspecified atom stereocenters. The van der Waals surface area contributed by atoms with Crippen LogP contribution >= 0.6 is 0 Å². The Kier molecular flexibility index (Phi) is 2.81. The van der Waals surface area contributed by atoms with E-state index in [4.69, 9.17) is 4.74 Å². The van der Waals surface area contributed by atoms with Crippen molar-refractivity contribution in [3.63, 3.8) is 0 Å². The fourth-order valence-electron chi connectivity index (χ4n) is 1.52. The van der Waals surface area contributed by atoms with Crippen LogP contribution in [0.1, 0.15) is 17.3 Å². The number of para-hydroxylation sites is 1. The predicted molar refractivity (Wildman–Crippen MR) is 57.7 cm³/mol. The maximum atomic E-state index is 13.2. The molecule has 0 aliphatic rings. The first kappa shape index (κ1) is 10.5. The number of carbonyl (C=O) groups excluding carboxylic acids is 1. The van der Waals surface area contributed by atoms with Crippen molar-refractivity contribution >= 4 is 16.9 Å². The van der Waals surface area contributed by atoms with Crippen LogP contribution in [0.3, 0.4) is 0 Å². The van der Waals surface area contributed by atoms with E-state index in [9.17, 15) is 9.18 Å². The number of carbonyl (C=O) groups is 1. The summed E-state index contributed by atoms with van der Waals surface area (Å²) < 4.78 is 18.0. The average Bonchev–Trinajstić information content (AvgIpc) is 2.28. The number of halogens is 1. The zero-order valence-corrected chi connectivity index (χ0v) is 8.74. The first-order valence-corrected chi connectivity index (χ1v) is 4.94. The van der Waals surface area contributed by atoms with Gasteiger partial charge in [-0.25, -0.2) is 9.78 Å². The Morgan fingerprint density at radius 1 is 1.44 bits per heavy atom. The lowest BCUT2D eigenvalue weighted by Gasteiger charge is -2.05. The van der Waals surface area contributed by atoms with Crippen LogP contribution in [0.15, 0.2) is 30.3 Å². The van der Waals surface area contributed by atoms with Crippen LogP contribution in [-0.4, -0.2) is 17.6 Å². The third-order valence-corrected chi connectivity index (χ3v) is 2.18. The highest BCUT2D eigenvalue weighted by molar-refractivity contribution is 6.03. The van der Waals surface area contributed by atoms with E-state index in [1.54, 1.807) is 31.2 Å². The topological polar surface area (TPSA) is 39.2 Å². The van der Waals surface area contributed by atoms with E-state index in [0.717, 1.165) is 6.07 Å². The number of benzene rings is 1. The van der Waals surface area contributed by atoms with Gasteiger partial charge in [-0.3, -0.25) is 0 Å². The Balaban J connectivity index is 2.63. The van der Waals surface area contributed by atoms with Gasteiger partial charge in [0.25, 0.3) is 0 Å². The summed E-state index contributed by atoms with van der Waals surface area (Å²) in [5.74, 6) is -1.21. The molecule has 2 rings (SSSR count). The van der Waals surface area contributed by atoms with Crippen molar-refractivity contribution in [2.45, 2.75) is 6.92 Å². The van der Waals surface area contributed by atoms with E-state index in [-0.39, 0.29) is 12.2 Å². The molecule has 0 atom stereocenters. The molecule has 1 aromatic heterocycles. The molecular formula is C12H10FNO2. The van der Waals surface area contributed by atoms with E-state index < -0.39 is 11.9 Å². The van der Waals surface area contributed by atoms with E-state index >= 15 is 0 Å². The molecule has 0 spiro atoms. The van der Waals surface area contributed by atoms with Gasteiger partial charge in [-0.1, -0.05) is 18.2 Å². The number of hydrogen-bond donors (Lipinski definition) is 0. The first-order chi connectivity index (χ1) is 7.72. The van der Waals surface area contributed by atoms with Gasteiger partial charge in [0.1, 0.15) is 0 Å². The minimum atomic E-state index is -0.679. The van der Waals surface area contributed by atoms with Crippen LogP contribution in [0.2, 0.25) is 0 Å². The van der Waals surface area contributed by atoms with Gasteiger partial charge in [0.15, 0.2) is 0 Å². The molecule has 4 heteroatoms. The molecule has 0 aliphatic heterocycles. The molecule has 1 heterocycles. The SMILES string of the molecule is CCOC(=O)c1cc(F)nc2ccccc12. The third kappa shape index (κ3) is 1.86. The number of ether oxygens (including phenoxy) is 1. The molecule has 0 radical (unpaired) electrons. The van der Waals surface area contributed by atoms with Crippen LogP contribution in [0.4, 0.5) is 4.39 Å². The van der Waals surface area contributed by atoms with Crippen molar-refractivity contribution < 1.29 is 13.9 Å². The number of aromatic nitrogens is 1. The van der Waals surface area contributed by atoms with E-state index in [1.807, 2.05) is 0 Å². The highest BCUT2D eigenvalue weighted by Crippen LogP contribution is 2.18. The Bertz CT molecular complexity index is 540. The van der Waals surface area contributed by atoms with Gasteiger partial charge in [0.05, 0.1) is 17.7 Å². The Morgan fingerprint density at radius 3 is 2.94 bits per heavy atom. The summed E-state index contributed by atoms with van der Waals surface area (Å²) in [6.45, 7) is 1.97. The minimum absolute atomic E-state index is 0.213. The molecule has 0 aliphatic carbocycles. The smallest absolute Gasteiger partial charge is 0.338 e. The lowest BCUT2D eigenvalue weighted by atomic mass is 10.1. The summed E-state index contributed by atoms with van der Waals surface area (Å²) in [4.78, 5) is 15.3. The molecule has 16 heavy (non-hydrogen) atoms. The van der Waals surface area contributed by atoms with E-state index in [0.29, 0.717) is 10.9 Å². The molecule has 0 N–H and O–H groups in total. The van der Waals surface area contributed by atoms with Crippen molar-refractivity contribution in [3.05, 3.63) is 41.8 Å². The molecule has 2 aromatic rings. The van der Waals surface area contributed by atoms with Gasteiger partial charge < -0.3 is 4.74 Å². The molecule has 0 saturated carbocycles. The standard InChI is InChI=1S/C12H10FNO2/c1-2-16-12(15)9-7-11(13)14-10-6-4-3-5-8(9)10/h3-7H,2H2,1H3. The van der Waals surface area contributed by atoms with Crippen LogP contribution in [0.25, 0.3) is 10.9 Å². The number of fused-ring (bicyclic) bond motifs is 1. The molecular weight excluding hydrogens is 209 g/mol.